The fourth-order valence-corrected chi connectivity index (χ4v) is 2.35. The number of tetrazole rings is 1. The summed E-state index contributed by atoms with van der Waals surface area (Å²) in [4.78, 5) is 4.72. The molecule has 96 valence electrons. The van der Waals surface area contributed by atoms with Gasteiger partial charge in [-0.3, -0.25) is 0 Å². The molecule has 0 fully saturated rings. The number of fused-ring (bicyclic) bond motifs is 3. The topological polar surface area (TPSA) is 56.0 Å². The molecule has 0 N–H and O–H groups in total. The molecule has 2 aromatic carbocycles. The second-order valence-corrected chi connectivity index (χ2v) is 4.73. The number of hydrogen-bond acceptors (Lipinski definition) is 4. The molecule has 0 unspecified atom stereocenters. The van der Waals surface area contributed by atoms with E-state index in [1.54, 1.807) is 4.52 Å². The maximum absolute atomic E-state index is 4.72. The zero-order chi connectivity index (χ0) is 13.5. The summed E-state index contributed by atoms with van der Waals surface area (Å²) in [6.45, 7) is 2.04. The van der Waals surface area contributed by atoms with Crippen molar-refractivity contribution in [3.8, 4) is 11.3 Å². The molecule has 0 spiro atoms. The van der Waals surface area contributed by atoms with E-state index in [9.17, 15) is 0 Å². The third-order valence-electron chi connectivity index (χ3n) is 3.32. The van der Waals surface area contributed by atoms with E-state index in [1.807, 2.05) is 55.5 Å². The van der Waals surface area contributed by atoms with Gasteiger partial charge in [-0.25, -0.2) is 4.98 Å². The monoisotopic (exact) mass is 261 g/mol. The Balaban J connectivity index is 2.15. The van der Waals surface area contributed by atoms with E-state index in [-0.39, 0.29) is 0 Å². The molecule has 0 radical (unpaired) electrons. The summed E-state index contributed by atoms with van der Waals surface area (Å²) >= 11 is 0. The van der Waals surface area contributed by atoms with Crippen LogP contribution in [0.5, 0.6) is 0 Å². The molecule has 0 aliphatic heterocycles. The number of rotatable bonds is 1. The van der Waals surface area contributed by atoms with Gasteiger partial charge < -0.3 is 0 Å². The fraction of sp³-hybridized carbons (Fsp3) is 0.0667. The van der Waals surface area contributed by atoms with Crippen LogP contribution in [0, 0.1) is 6.92 Å². The lowest BCUT2D eigenvalue weighted by atomic mass is 10.1. The highest BCUT2D eigenvalue weighted by Crippen LogP contribution is 2.24. The molecule has 5 nitrogen and oxygen atoms in total. The van der Waals surface area contributed by atoms with Gasteiger partial charge in [0.1, 0.15) is 5.69 Å². The Morgan fingerprint density at radius 2 is 1.85 bits per heavy atom. The number of benzene rings is 2. The maximum Gasteiger partial charge on any atom is 0.206 e. The van der Waals surface area contributed by atoms with Gasteiger partial charge >= 0.3 is 0 Å². The van der Waals surface area contributed by atoms with Crippen molar-refractivity contribution in [2.24, 2.45) is 0 Å². The Labute approximate surface area is 114 Å². The van der Waals surface area contributed by atoms with Crippen molar-refractivity contribution in [2.75, 3.05) is 0 Å². The van der Waals surface area contributed by atoms with Crippen molar-refractivity contribution < 1.29 is 0 Å². The molecule has 2 aromatic heterocycles. The number of nitrogens with zero attached hydrogens (tertiary/aromatic N) is 5. The average molecular weight is 261 g/mol. The molecule has 4 rings (SSSR count). The van der Waals surface area contributed by atoms with E-state index in [4.69, 9.17) is 4.98 Å². The predicted molar refractivity (Wildman–Crippen MR) is 76.3 cm³/mol. The van der Waals surface area contributed by atoms with Crippen molar-refractivity contribution in [1.82, 2.24) is 25.0 Å². The van der Waals surface area contributed by atoms with Gasteiger partial charge in [0.05, 0.1) is 11.0 Å². The Bertz CT molecular complexity index is 912. The lowest BCUT2D eigenvalue weighted by Crippen LogP contribution is -1.97. The van der Waals surface area contributed by atoms with Crippen molar-refractivity contribution in [3.63, 3.8) is 0 Å². The molecule has 0 atom stereocenters. The summed E-state index contributed by atoms with van der Waals surface area (Å²) in [5.41, 5.74) is 5.44. The van der Waals surface area contributed by atoms with Gasteiger partial charge in [-0.15, -0.1) is 5.10 Å². The Morgan fingerprint density at radius 3 is 2.70 bits per heavy atom. The van der Waals surface area contributed by atoms with Gasteiger partial charge in [0.25, 0.3) is 0 Å². The molecule has 0 amide bonds. The minimum atomic E-state index is 0.675. The fourth-order valence-electron chi connectivity index (χ4n) is 2.35. The first-order chi connectivity index (χ1) is 9.83. The lowest BCUT2D eigenvalue weighted by Gasteiger charge is -2.06. The Hall–Kier alpha value is -2.82. The van der Waals surface area contributed by atoms with Crippen LogP contribution in [0.2, 0.25) is 0 Å². The average Bonchev–Trinajstić information content (AvgIpc) is 2.97. The van der Waals surface area contributed by atoms with Crippen LogP contribution in [-0.2, 0) is 0 Å². The first kappa shape index (κ1) is 11.0. The molecule has 0 aliphatic rings. The van der Waals surface area contributed by atoms with Crippen molar-refractivity contribution >= 4 is 16.7 Å². The highest BCUT2D eigenvalue weighted by molar-refractivity contribution is 5.85. The minimum absolute atomic E-state index is 0.675. The van der Waals surface area contributed by atoms with Crippen LogP contribution in [0.4, 0.5) is 0 Å². The Kier molecular flexibility index (Phi) is 2.26. The van der Waals surface area contributed by atoms with E-state index in [1.165, 1.54) is 0 Å². The van der Waals surface area contributed by atoms with E-state index in [0.717, 1.165) is 27.9 Å². The number of aryl methyl sites for hydroxylation is 1. The van der Waals surface area contributed by atoms with Gasteiger partial charge in [0.2, 0.25) is 5.65 Å². The summed E-state index contributed by atoms with van der Waals surface area (Å²) in [6, 6.07) is 16.0. The van der Waals surface area contributed by atoms with Gasteiger partial charge in [-0.05, 0) is 35.0 Å². The second-order valence-electron chi connectivity index (χ2n) is 4.73. The summed E-state index contributed by atoms with van der Waals surface area (Å²) in [7, 11) is 0. The van der Waals surface area contributed by atoms with Crippen LogP contribution in [0.1, 0.15) is 5.56 Å². The predicted octanol–water partition coefficient (Wildman–Crippen LogP) is 2.65. The smallest absolute Gasteiger partial charge is 0.206 e. The highest BCUT2D eigenvalue weighted by Gasteiger charge is 2.12. The molecule has 0 saturated carbocycles. The van der Waals surface area contributed by atoms with Crippen LogP contribution in [0.3, 0.4) is 0 Å². The largest absolute Gasteiger partial charge is 0.242 e. The van der Waals surface area contributed by atoms with Gasteiger partial charge in [0, 0.05) is 5.56 Å². The van der Waals surface area contributed by atoms with Gasteiger partial charge in [-0.1, -0.05) is 36.4 Å². The molecule has 0 aliphatic carbocycles. The summed E-state index contributed by atoms with van der Waals surface area (Å²) in [6.07, 6.45) is 0. The standard InChI is InChI=1S/C15H11N5/c1-10-7-8-12-13(9-10)20-15(17-18-19-20)14(16-12)11-5-3-2-4-6-11/h2-9H,1H3. The zero-order valence-electron chi connectivity index (χ0n) is 10.9. The molecular weight excluding hydrogens is 250 g/mol. The van der Waals surface area contributed by atoms with Crippen molar-refractivity contribution in [1.29, 1.82) is 0 Å². The molecule has 5 heteroatoms. The number of hydrogen-bond donors (Lipinski definition) is 0. The molecule has 20 heavy (non-hydrogen) atoms. The van der Waals surface area contributed by atoms with Crippen molar-refractivity contribution in [3.05, 3.63) is 54.1 Å². The van der Waals surface area contributed by atoms with Crippen molar-refractivity contribution in [2.45, 2.75) is 6.92 Å². The van der Waals surface area contributed by atoms with E-state index in [2.05, 4.69) is 15.5 Å². The Morgan fingerprint density at radius 1 is 1.00 bits per heavy atom. The summed E-state index contributed by atoms with van der Waals surface area (Å²) in [5.74, 6) is 0. The molecule has 0 bridgehead atoms. The lowest BCUT2D eigenvalue weighted by molar-refractivity contribution is 0.840. The van der Waals surface area contributed by atoms with Crippen LogP contribution >= 0.6 is 0 Å². The van der Waals surface area contributed by atoms with E-state index >= 15 is 0 Å². The van der Waals surface area contributed by atoms with Gasteiger partial charge in [0.15, 0.2) is 0 Å². The minimum Gasteiger partial charge on any atom is -0.242 e. The van der Waals surface area contributed by atoms with Crippen LogP contribution in [0.25, 0.3) is 27.9 Å². The summed E-state index contributed by atoms with van der Waals surface area (Å²) < 4.78 is 1.75. The van der Waals surface area contributed by atoms with E-state index in [0.29, 0.717) is 5.65 Å². The highest BCUT2D eigenvalue weighted by atomic mass is 15.5. The SMILES string of the molecule is Cc1ccc2nc(-c3ccccc3)c3nnnn3c2c1. The number of aromatic nitrogens is 5. The first-order valence-electron chi connectivity index (χ1n) is 6.37. The molecule has 0 saturated heterocycles. The van der Waals surface area contributed by atoms with Crippen LogP contribution < -0.4 is 0 Å². The van der Waals surface area contributed by atoms with E-state index < -0.39 is 0 Å². The maximum atomic E-state index is 4.72. The third-order valence-corrected chi connectivity index (χ3v) is 3.32. The first-order valence-corrected chi connectivity index (χ1v) is 6.37. The second kappa shape index (κ2) is 4.09. The summed E-state index contributed by atoms with van der Waals surface area (Å²) in [5, 5.41) is 12.0. The quantitative estimate of drug-likeness (QED) is 0.528. The van der Waals surface area contributed by atoms with Crippen LogP contribution in [0.15, 0.2) is 48.5 Å². The molecule has 4 aromatic rings. The molecule has 2 heterocycles. The molecular formula is C15H11N5. The van der Waals surface area contributed by atoms with Crippen LogP contribution in [-0.4, -0.2) is 25.0 Å². The zero-order valence-corrected chi connectivity index (χ0v) is 10.9. The van der Waals surface area contributed by atoms with Gasteiger partial charge in [-0.2, -0.15) is 4.52 Å². The normalized spacial score (nSPS) is 11.2. The third kappa shape index (κ3) is 1.56.